The Morgan fingerprint density at radius 3 is 2.60 bits per heavy atom. The van der Waals surface area contributed by atoms with E-state index in [4.69, 9.17) is 9.84 Å². The molecule has 5 nitrogen and oxygen atoms in total. The highest BCUT2D eigenvalue weighted by molar-refractivity contribution is 5.78. The molecule has 0 amide bonds. The molecule has 5 heteroatoms. The first-order valence-corrected chi connectivity index (χ1v) is 5.19. The molecule has 0 spiro atoms. The van der Waals surface area contributed by atoms with E-state index in [9.17, 15) is 4.79 Å². The second-order valence-electron chi connectivity index (χ2n) is 3.76. The molecule has 0 aliphatic carbocycles. The average Bonchev–Trinajstić information content (AvgIpc) is 2.21. The number of aliphatic carboxylic acids is 1. The van der Waals surface area contributed by atoms with Crippen LogP contribution in [0.2, 0.25) is 0 Å². The molecular weight excluding hydrogens is 196 g/mol. The van der Waals surface area contributed by atoms with Crippen molar-refractivity contribution in [3.05, 3.63) is 0 Å². The molecule has 0 radical (unpaired) electrons. The van der Waals surface area contributed by atoms with Crippen LogP contribution >= 0.6 is 0 Å². The molecule has 0 bridgehead atoms. The second-order valence-corrected chi connectivity index (χ2v) is 3.76. The first kappa shape index (κ1) is 14.3. The smallest absolute Gasteiger partial charge is 0.323 e. The second kappa shape index (κ2) is 7.62. The summed E-state index contributed by atoms with van der Waals surface area (Å²) in [4.78, 5) is 11.1. The van der Waals surface area contributed by atoms with E-state index in [2.05, 4.69) is 10.6 Å². The van der Waals surface area contributed by atoms with E-state index in [1.165, 1.54) is 0 Å². The molecule has 1 unspecified atom stereocenters. The molecule has 0 saturated carbocycles. The van der Waals surface area contributed by atoms with Gasteiger partial charge in [-0.3, -0.25) is 4.79 Å². The number of hydrogen-bond acceptors (Lipinski definition) is 4. The van der Waals surface area contributed by atoms with Gasteiger partial charge in [0.05, 0.1) is 0 Å². The van der Waals surface area contributed by atoms with Crippen molar-refractivity contribution in [2.45, 2.75) is 25.3 Å². The third-order valence-electron chi connectivity index (χ3n) is 2.40. The van der Waals surface area contributed by atoms with Gasteiger partial charge in [0, 0.05) is 13.7 Å². The summed E-state index contributed by atoms with van der Waals surface area (Å²) in [6.07, 6.45) is 1.38. The predicted octanol–water partition coefficient (Wildman–Crippen LogP) is 0.0653. The van der Waals surface area contributed by atoms with E-state index in [0.717, 1.165) is 13.0 Å². The summed E-state index contributed by atoms with van der Waals surface area (Å²) in [5.74, 6) is -0.830. The number of nitrogens with one attached hydrogen (secondary N) is 2. The zero-order valence-corrected chi connectivity index (χ0v) is 9.80. The number of rotatable bonds is 9. The van der Waals surface area contributed by atoms with Crippen LogP contribution in [-0.4, -0.2) is 50.5 Å². The maximum atomic E-state index is 11.1. The lowest BCUT2D eigenvalue weighted by atomic mass is 9.98. The highest BCUT2D eigenvalue weighted by Crippen LogP contribution is 2.09. The summed E-state index contributed by atoms with van der Waals surface area (Å²) in [5, 5.41) is 15.1. The quantitative estimate of drug-likeness (QED) is 0.478. The summed E-state index contributed by atoms with van der Waals surface area (Å²) in [5.41, 5.74) is -0.885. The van der Waals surface area contributed by atoms with Gasteiger partial charge < -0.3 is 20.5 Å². The summed E-state index contributed by atoms with van der Waals surface area (Å²) < 4.78 is 4.90. The lowest BCUT2D eigenvalue weighted by Crippen LogP contribution is -2.50. The molecule has 0 saturated heterocycles. The van der Waals surface area contributed by atoms with Crippen molar-refractivity contribution in [1.82, 2.24) is 10.6 Å². The molecule has 1 atom stereocenters. The zero-order chi connectivity index (χ0) is 11.7. The van der Waals surface area contributed by atoms with Gasteiger partial charge in [0.15, 0.2) is 0 Å². The molecule has 3 N–H and O–H groups in total. The predicted molar refractivity (Wildman–Crippen MR) is 59.1 cm³/mol. The van der Waals surface area contributed by atoms with Crippen LogP contribution in [0.5, 0.6) is 0 Å². The van der Waals surface area contributed by atoms with Gasteiger partial charge in [0.2, 0.25) is 0 Å². The van der Waals surface area contributed by atoms with Crippen LogP contribution < -0.4 is 10.6 Å². The minimum atomic E-state index is -0.885. The standard InChI is InChI=1S/C10H22N2O3/c1-10(9(13)14,5-8-15-3)12-7-4-6-11-2/h11-12H,4-8H2,1-3H3,(H,13,14). The average molecular weight is 218 g/mol. The molecule has 15 heavy (non-hydrogen) atoms. The molecule has 0 fully saturated rings. The Bertz CT molecular complexity index is 188. The van der Waals surface area contributed by atoms with Gasteiger partial charge >= 0.3 is 5.97 Å². The van der Waals surface area contributed by atoms with Crippen LogP contribution in [-0.2, 0) is 9.53 Å². The number of carboxylic acid groups (broad SMARTS) is 1. The van der Waals surface area contributed by atoms with Gasteiger partial charge in [-0.05, 0) is 39.9 Å². The lowest BCUT2D eigenvalue weighted by Gasteiger charge is -2.26. The monoisotopic (exact) mass is 218 g/mol. The van der Waals surface area contributed by atoms with E-state index in [0.29, 0.717) is 19.6 Å². The van der Waals surface area contributed by atoms with Crippen molar-refractivity contribution in [3.63, 3.8) is 0 Å². The Labute approximate surface area is 91.2 Å². The normalized spacial score (nSPS) is 14.9. The molecule has 0 aliphatic rings. The third kappa shape index (κ3) is 5.71. The Hall–Kier alpha value is -0.650. The van der Waals surface area contributed by atoms with Crippen molar-refractivity contribution in [3.8, 4) is 0 Å². The van der Waals surface area contributed by atoms with Crippen LogP contribution in [0.1, 0.15) is 19.8 Å². The van der Waals surface area contributed by atoms with E-state index in [1.807, 2.05) is 7.05 Å². The van der Waals surface area contributed by atoms with Crippen LogP contribution in [0, 0.1) is 0 Å². The summed E-state index contributed by atoms with van der Waals surface area (Å²) >= 11 is 0. The Balaban J connectivity index is 3.96. The fraction of sp³-hybridized carbons (Fsp3) is 0.900. The molecule has 0 aromatic rings. The molecular formula is C10H22N2O3. The number of ether oxygens (including phenoxy) is 1. The van der Waals surface area contributed by atoms with Crippen molar-refractivity contribution in [1.29, 1.82) is 0 Å². The maximum absolute atomic E-state index is 11.1. The number of carbonyl (C=O) groups is 1. The zero-order valence-electron chi connectivity index (χ0n) is 9.80. The third-order valence-corrected chi connectivity index (χ3v) is 2.40. The fourth-order valence-corrected chi connectivity index (χ4v) is 1.21. The van der Waals surface area contributed by atoms with Gasteiger partial charge in [-0.15, -0.1) is 0 Å². The molecule has 90 valence electrons. The highest BCUT2D eigenvalue weighted by Gasteiger charge is 2.31. The summed E-state index contributed by atoms with van der Waals surface area (Å²) in [7, 11) is 3.45. The minimum absolute atomic E-state index is 0.446. The molecule has 0 rings (SSSR count). The number of methoxy groups -OCH3 is 1. The Morgan fingerprint density at radius 1 is 1.47 bits per heavy atom. The first-order valence-electron chi connectivity index (χ1n) is 5.19. The summed E-state index contributed by atoms with van der Waals surface area (Å²) in [6.45, 7) is 3.70. The van der Waals surface area contributed by atoms with Crippen molar-refractivity contribution in [2.75, 3.05) is 33.9 Å². The molecule has 0 aliphatic heterocycles. The number of carboxylic acids is 1. The van der Waals surface area contributed by atoms with Gasteiger partial charge in [-0.2, -0.15) is 0 Å². The fourth-order valence-electron chi connectivity index (χ4n) is 1.21. The Kier molecular flexibility index (Phi) is 7.29. The van der Waals surface area contributed by atoms with E-state index in [-0.39, 0.29) is 0 Å². The van der Waals surface area contributed by atoms with Gasteiger partial charge in [-0.25, -0.2) is 0 Å². The van der Waals surface area contributed by atoms with Gasteiger partial charge in [-0.1, -0.05) is 0 Å². The van der Waals surface area contributed by atoms with Gasteiger partial charge in [0.1, 0.15) is 5.54 Å². The van der Waals surface area contributed by atoms with E-state index >= 15 is 0 Å². The largest absolute Gasteiger partial charge is 0.480 e. The first-order chi connectivity index (χ1) is 7.06. The molecule has 0 heterocycles. The van der Waals surface area contributed by atoms with Gasteiger partial charge in [0.25, 0.3) is 0 Å². The lowest BCUT2D eigenvalue weighted by molar-refractivity contribution is -0.144. The van der Waals surface area contributed by atoms with Crippen LogP contribution in [0.3, 0.4) is 0 Å². The SMILES string of the molecule is CNCCCNC(C)(CCOC)C(=O)O. The number of hydrogen-bond donors (Lipinski definition) is 3. The van der Waals surface area contributed by atoms with Crippen LogP contribution in [0.25, 0.3) is 0 Å². The van der Waals surface area contributed by atoms with E-state index in [1.54, 1.807) is 14.0 Å². The molecule has 0 aromatic carbocycles. The van der Waals surface area contributed by atoms with Crippen LogP contribution in [0.15, 0.2) is 0 Å². The minimum Gasteiger partial charge on any atom is -0.480 e. The summed E-state index contributed by atoms with van der Waals surface area (Å²) in [6, 6.07) is 0. The molecule has 0 aromatic heterocycles. The van der Waals surface area contributed by atoms with E-state index < -0.39 is 11.5 Å². The van der Waals surface area contributed by atoms with Crippen LogP contribution in [0.4, 0.5) is 0 Å². The highest BCUT2D eigenvalue weighted by atomic mass is 16.5. The maximum Gasteiger partial charge on any atom is 0.323 e. The topological polar surface area (TPSA) is 70.6 Å². The van der Waals surface area contributed by atoms with Crippen molar-refractivity contribution < 1.29 is 14.6 Å². The van der Waals surface area contributed by atoms with Crippen molar-refractivity contribution >= 4 is 5.97 Å². The Morgan fingerprint density at radius 2 is 2.13 bits per heavy atom. The van der Waals surface area contributed by atoms with Crippen molar-refractivity contribution in [2.24, 2.45) is 0 Å².